The highest BCUT2D eigenvalue weighted by Crippen LogP contribution is 2.21. The van der Waals surface area contributed by atoms with Gasteiger partial charge in [0.15, 0.2) is 0 Å². The highest BCUT2D eigenvalue weighted by Gasteiger charge is 2.17. The van der Waals surface area contributed by atoms with Gasteiger partial charge in [-0.15, -0.1) is 5.10 Å². The number of hydrogen-bond acceptors (Lipinski definition) is 5. The van der Waals surface area contributed by atoms with Gasteiger partial charge in [-0.25, -0.2) is 19.1 Å². The lowest BCUT2D eigenvalue weighted by molar-refractivity contribution is 0.0532. The maximum absolute atomic E-state index is 11.8. The smallest absolute Gasteiger partial charge is 0.407 e. The molecule has 0 unspecified atom stereocenters. The second-order valence-corrected chi connectivity index (χ2v) is 7.13. The first kappa shape index (κ1) is 20.9. The predicted molar refractivity (Wildman–Crippen MR) is 106 cm³/mol. The molecule has 0 atom stereocenters. The van der Waals surface area contributed by atoms with Crippen molar-refractivity contribution in [3.8, 4) is 0 Å². The SMILES string of the molecule is C=C/C=C(\C=C(/C)CNC(=O)OC(C)(C)C)c1nc(C(=O)O)nn2cccc12. The number of amides is 1. The summed E-state index contributed by atoms with van der Waals surface area (Å²) in [6.45, 7) is 11.2. The molecule has 0 saturated carbocycles. The van der Waals surface area contributed by atoms with Crippen LogP contribution in [0.4, 0.5) is 4.79 Å². The Morgan fingerprint density at radius 2 is 2.11 bits per heavy atom. The van der Waals surface area contributed by atoms with E-state index in [9.17, 15) is 14.7 Å². The highest BCUT2D eigenvalue weighted by atomic mass is 16.6. The summed E-state index contributed by atoms with van der Waals surface area (Å²) < 4.78 is 6.68. The second kappa shape index (κ2) is 8.51. The van der Waals surface area contributed by atoms with Gasteiger partial charge in [0.1, 0.15) is 5.60 Å². The lowest BCUT2D eigenvalue weighted by atomic mass is 10.1. The van der Waals surface area contributed by atoms with Crippen LogP contribution in [-0.4, -0.2) is 43.9 Å². The molecule has 0 spiro atoms. The molecule has 0 radical (unpaired) electrons. The minimum Gasteiger partial charge on any atom is -0.475 e. The third-order valence-corrected chi connectivity index (χ3v) is 3.47. The first-order chi connectivity index (χ1) is 13.1. The number of ether oxygens (including phenoxy) is 1. The molecular weight excluding hydrogens is 360 g/mol. The van der Waals surface area contributed by atoms with Gasteiger partial charge in [-0.2, -0.15) is 0 Å². The van der Waals surface area contributed by atoms with Gasteiger partial charge >= 0.3 is 12.1 Å². The number of alkyl carbamates (subject to hydrolysis) is 1. The molecule has 0 aliphatic heterocycles. The number of hydrogen-bond donors (Lipinski definition) is 2. The van der Waals surface area contributed by atoms with Gasteiger partial charge in [0.2, 0.25) is 0 Å². The van der Waals surface area contributed by atoms with Crippen molar-refractivity contribution >= 4 is 23.2 Å². The summed E-state index contributed by atoms with van der Waals surface area (Å²) in [6, 6.07) is 3.55. The molecule has 0 aromatic carbocycles. The standard InChI is InChI=1S/C20H24N4O4/c1-6-8-14(11-13(2)12-21-19(27)28-20(3,4)5)16-15-9-7-10-24(15)23-17(22-16)18(25)26/h6-11H,1,12H2,2-5H3,(H,21,27)(H,25,26)/b13-11+,14-8+. The van der Waals surface area contributed by atoms with Crippen molar-refractivity contribution in [2.24, 2.45) is 0 Å². The zero-order valence-corrected chi connectivity index (χ0v) is 16.4. The van der Waals surface area contributed by atoms with Crippen LogP contribution >= 0.6 is 0 Å². The van der Waals surface area contributed by atoms with E-state index in [2.05, 4.69) is 22.0 Å². The summed E-state index contributed by atoms with van der Waals surface area (Å²) in [7, 11) is 0. The van der Waals surface area contributed by atoms with Crippen LogP contribution in [0.25, 0.3) is 11.1 Å². The van der Waals surface area contributed by atoms with Crippen molar-refractivity contribution in [2.75, 3.05) is 6.54 Å². The fourth-order valence-corrected chi connectivity index (χ4v) is 2.40. The van der Waals surface area contributed by atoms with Gasteiger partial charge in [-0.1, -0.05) is 30.4 Å². The van der Waals surface area contributed by atoms with Gasteiger partial charge in [-0.3, -0.25) is 0 Å². The number of fused-ring (bicyclic) bond motifs is 1. The average molecular weight is 384 g/mol. The molecule has 28 heavy (non-hydrogen) atoms. The molecule has 1 amide bonds. The first-order valence-corrected chi connectivity index (χ1v) is 8.66. The molecule has 0 saturated heterocycles. The summed E-state index contributed by atoms with van der Waals surface area (Å²) in [4.78, 5) is 27.4. The number of carboxylic acids is 1. The Morgan fingerprint density at radius 3 is 2.71 bits per heavy atom. The molecule has 8 nitrogen and oxygen atoms in total. The van der Waals surface area contributed by atoms with E-state index >= 15 is 0 Å². The molecule has 2 aromatic heterocycles. The number of aromatic nitrogens is 3. The predicted octanol–water partition coefficient (Wildman–Crippen LogP) is 3.47. The van der Waals surface area contributed by atoms with Crippen LogP contribution in [0, 0.1) is 0 Å². The summed E-state index contributed by atoms with van der Waals surface area (Å²) in [5, 5.41) is 15.9. The van der Waals surface area contributed by atoms with Crippen molar-refractivity contribution in [3.63, 3.8) is 0 Å². The molecule has 0 aliphatic rings. The third-order valence-electron chi connectivity index (χ3n) is 3.47. The minimum atomic E-state index is -1.22. The molecule has 8 heteroatoms. The maximum atomic E-state index is 11.8. The molecule has 0 aliphatic carbocycles. The van der Waals surface area contributed by atoms with E-state index in [1.54, 1.807) is 57.3 Å². The van der Waals surface area contributed by atoms with Gasteiger partial charge in [0.05, 0.1) is 11.2 Å². The summed E-state index contributed by atoms with van der Waals surface area (Å²) in [5.41, 5.74) is 1.99. The van der Waals surface area contributed by atoms with Crippen LogP contribution in [0.1, 0.15) is 44.0 Å². The first-order valence-electron chi connectivity index (χ1n) is 8.66. The third kappa shape index (κ3) is 5.54. The van der Waals surface area contributed by atoms with Crippen molar-refractivity contribution in [1.29, 1.82) is 0 Å². The van der Waals surface area contributed by atoms with Gasteiger partial charge in [0.25, 0.3) is 5.82 Å². The van der Waals surface area contributed by atoms with E-state index in [1.165, 1.54) is 4.52 Å². The van der Waals surface area contributed by atoms with E-state index in [0.29, 0.717) is 16.8 Å². The second-order valence-electron chi connectivity index (χ2n) is 7.13. The van der Waals surface area contributed by atoms with Crippen LogP contribution in [0.15, 0.2) is 48.7 Å². The minimum absolute atomic E-state index is 0.261. The van der Waals surface area contributed by atoms with Crippen molar-refractivity contribution in [2.45, 2.75) is 33.3 Å². The molecule has 2 aromatic rings. The number of rotatable bonds is 6. The zero-order valence-electron chi connectivity index (χ0n) is 16.4. The number of nitrogens with one attached hydrogen (secondary N) is 1. The molecule has 0 fully saturated rings. The van der Waals surface area contributed by atoms with E-state index in [4.69, 9.17) is 4.74 Å². The van der Waals surface area contributed by atoms with E-state index in [0.717, 1.165) is 5.57 Å². The molecular formula is C20H24N4O4. The van der Waals surface area contributed by atoms with E-state index in [1.807, 2.05) is 6.92 Å². The molecule has 2 heterocycles. The van der Waals surface area contributed by atoms with Crippen LogP contribution in [0.3, 0.4) is 0 Å². The van der Waals surface area contributed by atoms with Crippen molar-refractivity contribution in [1.82, 2.24) is 19.9 Å². The number of aromatic carboxylic acids is 1. The van der Waals surface area contributed by atoms with Crippen molar-refractivity contribution in [3.05, 3.63) is 60.2 Å². The monoisotopic (exact) mass is 384 g/mol. The quantitative estimate of drug-likeness (QED) is 0.739. The Morgan fingerprint density at radius 1 is 1.39 bits per heavy atom. The van der Waals surface area contributed by atoms with E-state index in [-0.39, 0.29) is 12.4 Å². The number of carbonyl (C=O) groups is 2. The van der Waals surface area contributed by atoms with E-state index < -0.39 is 17.7 Å². The number of carboxylic acid groups (broad SMARTS) is 1. The fourth-order valence-electron chi connectivity index (χ4n) is 2.40. The largest absolute Gasteiger partial charge is 0.475 e. The Bertz CT molecular complexity index is 964. The Balaban J connectivity index is 2.32. The zero-order chi connectivity index (χ0) is 20.9. The topological polar surface area (TPSA) is 106 Å². The molecule has 2 rings (SSSR count). The maximum Gasteiger partial charge on any atom is 0.407 e. The number of carbonyl (C=O) groups excluding carboxylic acids is 1. The Hall–Kier alpha value is -3.42. The van der Waals surface area contributed by atoms with Gasteiger partial charge < -0.3 is 15.2 Å². The molecule has 0 bridgehead atoms. The summed E-state index contributed by atoms with van der Waals surface area (Å²) >= 11 is 0. The Labute approximate surface area is 163 Å². The Kier molecular flexibility index (Phi) is 6.35. The van der Waals surface area contributed by atoms with Crippen molar-refractivity contribution < 1.29 is 19.4 Å². The summed E-state index contributed by atoms with van der Waals surface area (Å²) in [5.74, 6) is -1.53. The normalized spacial score (nSPS) is 12.7. The fraction of sp³-hybridized carbons (Fsp3) is 0.300. The number of allylic oxidation sites excluding steroid dienone is 4. The van der Waals surface area contributed by atoms with Crippen LogP contribution in [-0.2, 0) is 4.74 Å². The average Bonchev–Trinajstić information content (AvgIpc) is 3.05. The summed E-state index contributed by atoms with van der Waals surface area (Å²) in [6.07, 6.45) is 6.25. The molecule has 2 N–H and O–H groups in total. The number of nitrogens with zero attached hydrogens (tertiary/aromatic N) is 3. The van der Waals surface area contributed by atoms with Crippen LogP contribution in [0.2, 0.25) is 0 Å². The highest BCUT2D eigenvalue weighted by molar-refractivity contribution is 5.87. The van der Waals surface area contributed by atoms with Crippen LogP contribution in [0.5, 0.6) is 0 Å². The van der Waals surface area contributed by atoms with Crippen LogP contribution < -0.4 is 5.32 Å². The lowest BCUT2D eigenvalue weighted by Gasteiger charge is -2.19. The lowest BCUT2D eigenvalue weighted by Crippen LogP contribution is -2.33. The van der Waals surface area contributed by atoms with Gasteiger partial charge in [0, 0.05) is 18.3 Å². The van der Waals surface area contributed by atoms with Gasteiger partial charge in [-0.05, 0) is 39.8 Å². The molecule has 148 valence electrons.